The lowest BCUT2D eigenvalue weighted by molar-refractivity contribution is 0.346. The summed E-state index contributed by atoms with van der Waals surface area (Å²) in [6, 6.07) is 10.2. The zero-order chi connectivity index (χ0) is 19.3. The van der Waals surface area contributed by atoms with Gasteiger partial charge in [-0.25, -0.2) is 9.97 Å². The number of anilines is 1. The van der Waals surface area contributed by atoms with E-state index in [1.165, 1.54) is 5.56 Å². The van der Waals surface area contributed by atoms with Gasteiger partial charge < -0.3 is 15.5 Å². The van der Waals surface area contributed by atoms with Gasteiger partial charge in [-0.05, 0) is 63.6 Å². The quantitative estimate of drug-likeness (QED) is 0.762. The lowest BCUT2D eigenvalue weighted by atomic mass is 9.70. The van der Waals surface area contributed by atoms with E-state index >= 15 is 0 Å². The lowest BCUT2D eigenvalue weighted by Crippen LogP contribution is -2.41. The fourth-order valence-corrected chi connectivity index (χ4v) is 4.35. The van der Waals surface area contributed by atoms with Crippen LogP contribution in [0.3, 0.4) is 0 Å². The Kier molecular flexibility index (Phi) is 6.68. The molecule has 1 aromatic heterocycles. The fourth-order valence-electron chi connectivity index (χ4n) is 4.03. The van der Waals surface area contributed by atoms with Crippen LogP contribution in [-0.4, -0.2) is 55.1 Å². The van der Waals surface area contributed by atoms with Gasteiger partial charge in [0.15, 0.2) is 0 Å². The van der Waals surface area contributed by atoms with Gasteiger partial charge in [0.05, 0.1) is 5.69 Å². The number of piperidine rings is 1. The molecular formula is C21H30ClN5. The highest BCUT2D eigenvalue weighted by Gasteiger charge is 2.38. The first-order valence-corrected chi connectivity index (χ1v) is 10.1. The molecule has 0 bridgehead atoms. The Hall–Kier alpha value is -1.69. The topological polar surface area (TPSA) is 53.1 Å². The molecule has 0 radical (unpaired) electrons. The van der Waals surface area contributed by atoms with Crippen LogP contribution in [0.1, 0.15) is 31.0 Å². The van der Waals surface area contributed by atoms with Crippen molar-refractivity contribution >= 4 is 17.5 Å². The normalized spacial score (nSPS) is 17.7. The molecule has 146 valence electrons. The predicted molar refractivity (Wildman–Crippen MR) is 113 cm³/mol. The molecule has 1 aliphatic rings. The summed E-state index contributed by atoms with van der Waals surface area (Å²) in [6.45, 7) is 6.02. The van der Waals surface area contributed by atoms with Gasteiger partial charge >= 0.3 is 0 Å². The van der Waals surface area contributed by atoms with Gasteiger partial charge in [-0.15, -0.1) is 0 Å². The average molecular weight is 388 g/mol. The molecule has 5 nitrogen and oxygen atoms in total. The number of benzene rings is 1. The molecule has 1 saturated heterocycles. The third-order valence-corrected chi connectivity index (χ3v) is 5.61. The Bertz CT molecular complexity index is 743. The Labute approximate surface area is 167 Å². The van der Waals surface area contributed by atoms with Crippen LogP contribution < -0.4 is 10.6 Å². The summed E-state index contributed by atoms with van der Waals surface area (Å²) in [6.07, 6.45) is 3.82. The summed E-state index contributed by atoms with van der Waals surface area (Å²) < 4.78 is 0. The second-order valence-electron chi connectivity index (χ2n) is 7.83. The number of hydrogen-bond acceptors (Lipinski definition) is 5. The lowest BCUT2D eigenvalue weighted by Gasteiger charge is -2.38. The SMILES string of the molecule is C[C@@H](CNc1nccc(C2(c3ccccc3Cl)CCNCC2)n1)CN(C)C. The van der Waals surface area contributed by atoms with Gasteiger partial charge in [0.1, 0.15) is 0 Å². The first kappa shape index (κ1) is 20.1. The van der Waals surface area contributed by atoms with Crippen molar-refractivity contribution in [1.29, 1.82) is 0 Å². The molecule has 0 aliphatic carbocycles. The van der Waals surface area contributed by atoms with Gasteiger partial charge in [-0.1, -0.05) is 36.7 Å². The van der Waals surface area contributed by atoms with Gasteiger partial charge in [0, 0.05) is 29.7 Å². The number of nitrogens with zero attached hydrogens (tertiary/aromatic N) is 3. The number of aromatic nitrogens is 2. The third-order valence-electron chi connectivity index (χ3n) is 5.28. The van der Waals surface area contributed by atoms with Crippen molar-refractivity contribution < 1.29 is 0 Å². The maximum atomic E-state index is 6.60. The highest BCUT2D eigenvalue weighted by molar-refractivity contribution is 6.31. The van der Waals surface area contributed by atoms with Gasteiger partial charge in [-0.3, -0.25) is 0 Å². The van der Waals surface area contributed by atoms with Crippen molar-refractivity contribution in [2.45, 2.75) is 25.2 Å². The van der Waals surface area contributed by atoms with E-state index < -0.39 is 0 Å². The largest absolute Gasteiger partial charge is 0.354 e. The summed E-state index contributed by atoms with van der Waals surface area (Å²) in [5.74, 6) is 1.21. The second-order valence-corrected chi connectivity index (χ2v) is 8.23. The van der Waals surface area contributed by atoms with Crippen molar-refractivity contribution in [3.05, 3.63) is 52.8 Å². The van der Waals surface area contributed by atoms with Crippen molar-refractivity contribution in [2.24, 2.45) is 5.92 Å². The van der Waals surface area contributed by atoms with E-state index in [-0.39, 0.29) is 5.41 Å². The van der Waals surface area contributed by atoms with Gasteiger partial charge in [0.2, 0.25) is 5.95 Å². The first-order valence-electron chi connectivity index (χ1n) is 9.69. The molecule has 0 spiro atoms. The van der Waals surface area contributed by atoms with E-state index in [0.29, 0.717) is 11.9 Å². The van der Waals surface area contributed by atoms with E-state index in [1.54, 1.807) is 0 Å². The molecule has 1 atom stereocenters. The molecule has 1 aromatic carbocycles. The number of rotatable bonds is 7. The third kappa shape index (κ3) is 4.78. The molecule has 2 heterocycles. The molecule has 6 heteroatoms. The van der Waals surface area contributed by atoms with Crippen molar-refractivity contribution in [1.82, 2.24) is 20.2 Å². The Balaban J connectivity index is 1.87. The van der Waals surface area contributed by atoms with Crippen molar-refractivity contribution in [3.63, 3.8) is 0 Å². The predicted octanol–water partition coefficient (Wildman–Crippen LogP) is 3.41. The molecule has 3 rings (SSSR count). The van der Waals surface area contributed by atoms with E-state index in [2.05, 4.69) is 53.7 Å². The fraction of sp³-hybridized carbons (Fsp3) is 0.524. The maximum Gasteiger partial charge on any atom is 0.222 e. The van der Waals surface area contributed by atoms with Crippen LogP contribution in [0.15, 0.2) is 36.5 Å². The Morgan fingerprint density at radius 3 is 2.67 bits per heavy atom. The Morgan fingerprint density at radius 2 is 1.96 bits per heavy atom. The summed E-state index contributed by atoms with van der Waals surface area (Å²) >= 11 is 6.60. The molecular weight excluding hydrogens is 358 g/mol. The van der Waals surface area contributed by atoms with E-state index in [0.717, 1.165) is 49.7 Å². The first-order chi connectivity index (χ1) is 13.0. The van der Waals surface area contributed by atoms with Crippen LogP contribution >= 0.6 is 11.6 Å². The van der Waals surface area contributed by atoms with E-state index in [1.807, 2.05) is 24.4 Å². The molecule has 0 saturated carbocycles. The van der Waals surface area contributed by atoms with Crippen LogP contribution in [0, 0.1) is 5.92 Å². The van der Waals surface area contributed by atoms with E-state index in [4.69, 9.17) is 16.6 Å². The van der Waals surface area contributed by atoms with Gasteiger partial charge in [0.25, 0.3) is 0 Å². The number of hydrogen-bond donors (Lipinski definition) is 2. The van der Waals surface area contributed by atoms with Crippen LogP contribution in [-0.2, 0) is 5.41 Å². The highest BCUT2D eigenvalue weighted by atomic mass is 35.5. The standard InChI is InChI=1S/C21H30ClN5/c1-16(15-27(2)3)14-25-20-24-11-8-19(26-20)21(9-12-23-13-10-21)17-6-4-5-7-18(17)22/h4-8,11,16,23H,9-10,12-15H2,1-3H3,(H,24,25,26)/t16-/m0/s1. The molecule has 27 heavy (non-hydrogen) atoms. The molecule has 0 unspecified atom stereocenters. The highest BCUT2D eigenvalue weighted by Crippen LogP contribution is 2.42. The maximum absolute atomic E-state index is 6.60. The van der Waals surface area contributed by atoms with Crippen LogP contribution in [0.25, 0.3) is 0 Å². The smallest absolute Gasteiger partial charge is 0.222 e. The number of nitrogens with one attached hydrogen (secondary N) is 2. The summed E-state index contributed by atoms with van der Waals surface area (Å²) in [5, 5.41) is 7.69. The number of halogens is 1. The van der Waals surface area contributed by atoms with Crippen molar-refractivity contribution in [3.8, 4) is 0 Å². The Morgan fingerprint density at radius 1 is 1.22 bits per heavy atom. The summed E-state index contributed by atoms with van der Waals surface area (Å²) in [7, 11) is 4.19. The summed E-state index contributed by atoms with van der Waals surface area (Å²) in [5.41, 5.74) is 2.05. The molecule has 2 N–H and O–H groups in total. The monoisotopic (exact) mass is 387 g/mol. The molecule has 0 amide bonds. The summed E-state index contributed by atoms with van der Waals surface area (Å²) in [4.78, 5) is 11.6. The zero-order valence-electron chi connectivity index (χ0n) is 16.5. The molecule has 2 aromatic rings. The molecule has 1 aliphatic heterocycles. The minimum Gasteiger partial charge on any atom is -0.354 e. The average Bonchev–Trinajstić information content (AvgIpc) is 2.67. The van der Waals surface area contributed by atoms with E-state index in [9.17, 15) is 0 Å². The minimum absolute atomic E-state index is 0.168. The van der Waals surface area contributed by atoms with Crippen molar-refractivity contribution in [2.75, 3.05) is 45.6 Å². The molecule has 1 fully saturated rings. The van der Waals surface area contributed by atoms with Crippen LogP contribution in [0.5, 0.6) is 0 Å². The minimum atomic E-state index is -0.168. The van der Waals surface area contributed by atoms with Crippen LogP contribution in [0.2, 0.25) is 5.02 Å². The second kappa shape index (κ2) is 9.00. The van der Waals surface area contributed by atoms with Crippen LogP contribution in [0.4, 0.5) is 5.95 Å². The zero-order valence-corrected chi connectivity index (χ0v) is 17.3. The van der Waals surface area contributed by atoms with Gasteiger partial charge in [-0.2, -0.15) is 0 Å².